The smallest absolute Gasteiger partial charge is 0.317 e. The molecule has 25 heavy (non-hydrogen) atoms. The average molecular weight is 342 g/mol. The highest BCUT2D eigenvalue weighted by Crippen LogP contribution is 2.26. The van der Waals surface area contributed by atoms with Crippen LogP contribution >= 0.6 is 0 Å². The third-order valence-electron chi connectivity index (χ3n) is 4.26. The van der Waals surface area contributed by atoms with Gasteiger partial charge >= 0.3 is 6.03 Å². The van der Waals surface area contributed by atoms with E-state index < -0.39 is 0 Å². The molecular weight excluding hydrogens is 320 g/mol. The molecule has 1 fully saturated rings. The number of nitrogens with one attached hydrogen (secondary N) is 2. The maximum atomic E-state index is 12.7. The van der Waals surface area contributed by atoms with Crippen molar-refractivity contribution in [1.82, 2.24) is 20.7 Å². The van der Waals surface area contributed by atoms with Crippen LogP contribution in [0, 0.1) is 6.92 Å². The summed E-state index contributed by atoms with van der Waals surface area (Å²) in [6, 6.07) is 9.26. The van der Waals surface area contributed by atoms with Gasteiger partial charge in [-0.25, -0.2) is 4.79 Å². The van der Waals surface area contributed by atoms with Crippen molar-refractivity contribution in [1.29, 1.82) is 0 Å². The topological polar surface area (TPSA) is 87.5 Å². The zero-order valence-corrected chi connectivity index (χ0v) is 14.4. The minimum atomic E-state index is -0.222. The van der Waals surface area contributed by atoms with E-state index in [1.165, 1.54) is 0 Å². The maximum Gasteiger partial charge on any atom is 0.317 e. The molecule has 7 heteroatoms. The third-order valence-corrected chi connectivity index (χ3v) is 4.26. The summed E-state index contributed by atoms with van der Waals surface area (Å²) in [5, 5.41) is 9.72. The van der Waals surface area contributed by atoms with Gasteiger partial charge in [-0.2, -0.15) is 0 Å². The van der Waals surface area contributed by atoms with Crippen LogP contribution in [-0.4, -0.2) is 47.7 Å². The Morgan fingerprint density at radius 1 is 1.32 bits per heavy atom. The van der Waals surface area contributed by atoms with E-state index in [-0.39, 0.29) is 18.0 Å². The number of aromatic nitrogens is 1. The number of hydrogen-bond donors (Lipinski definition) is 2. The Labute approximate surface area is 146 Å². The number of hydrogen-bond acceptors (Lipinski definition) is 4. The van der Waals surface area contributed by atoms with Crippen molar-refractivity contribution >= 4 is 11.9 Å². The number of amides is 3. The van der Waals surface area contributed by atoms with Gasteiger partial charge in [0.25, 0.3) is 5.91 Å². The number of benzene rings is 1. The minimum Gasteiger partial charge on any atom is -0.355 e. The van der Waals surface area contributed by atoms with Gasteiger partial charge in [0.1, 0.15) is 5.56 Å². The number of aryl methyl sites for hydroxylation is 1. The fraction of sp³-hybridized carbons (Fsp3) is 0.389. The first-order valence-electron chi connectivity index (χ1n) is 8.45. The molecule has 3 amide bonds. The Kier molecular flexibility index (Phi) is 5.02. The SMILES string of the molecule is CCNC(=O)N1CCC(NC(=O)c2c(C)noc2-c2ccccc2)C1. The van der Waals surface area contributed by atoms with Gasteiger partial charge in [0.2, 0.25) is 0 Å². The van der Waals surface area contributed by atoms with Gasteiger partial charge in [0.15, 0.2) is 5.76 Å². The molecule has 2 N–H and O–H groups in total. The number of nitrogens with zero attached hydrogens (tertiary/aromatic N) is 2. The van der Waals surface area contributed by atoms with Crippen molar-refractivity contribution in [2.75, 3.05) is 19.6 Å². The molecule has 2 heterocycles. The van der Waals surface area contributed by atoms with Crippen molar-refractivity contribution in [2.45, 2.75) is 26.3 Å². The quantitative estimate of drug-likeness (QED) is 0.891. The van der Waals surface area contributed by atoms with Crippen molar-refractivity contribution in [3.05, 3.63) is 41.6 Å². The summed E-state index contributed by atoms with van der Waals surface area (Å²) in [7, 11) is 0. The predicted molar refractivity (Wildman–Crippen MR) is 93.2 cm³/mol. The third kappa shape index (κ3) is 3.65. The van der Waals surface area contributed by atoms with Crippen molar-refractivity contribution in [2.24, 2.45) is 0 Å². The Hall–Kier alpha value is -2.83. The van der Waals surface area contributed by atoms with Gasteiger partial charge in [-0.15, -0.1) is 0 Å². The molecule has 2 aromatic rings. The maximum absolute atomic E-state index is 12.7. The van der Waals surface area contributed by atoms with E-state index in [2.05, 4.69) is 15.8 Å². The highest BCUT2D eigenvalue weighted by Gasteiger charge is 2.29. The van der Waals surface area contributed by atoms with Gasteiger partial charge < -0.3 is 20.1 Å². The summed E-state index contributed by atoms with van der Waals surface area (Å²) < 4.78 is 5.37. The highest BCUT2D eigenvalue weighted by atomic mass is 16.5. The molecular formula is C18H22N4O3. The molecule has 0 bridgehead atoms. The first-order chi connectivity index (χ1) is 12.1. The molecule has 1 saturated heterocycles. The van der Waals surface area contributed by atoms with Crippen LogP contribution in [0.15, 0.2) is 34.9 Å². The van der Waals surface area contributed by atoms with Gasteiger partial charge in [-0.3, -0.25) is 4.79 Å². The second-order valence-electron chi connectivity index (χ2n) is 6.08. The van der Waals surface area contributed by atoms with Crippen LogP contribution in [0.1, 0.15) is 29.4 Å². The minimum absolute atomic E-state index is 0.0759. The summed E-state index contributed by atoms with van der Waals surface area (Å²) in [4.78, 5) is 26.3. The zero-order valence-electron chi connectivity index (χ0n) is 14.4. The molecule has 0 aliphatic carbocycles. The lowest BCUT2D eigenvalue weighted by Crippen LogP contribution is -2.42. The number of rotatable bonds is 4. The molecule has 1 atom stereocenters. The summed E-state index contributed by atoms with van der Waals surface area (Å²) in [5.74, 6) is 0.245. The van der Waals surface area contributed by atoms with E-state index >= 15 is 0 Å². The van der Waals surface area contributed by atoms with Crippen LogP contribution in [-0.2, 0) is 0 Å². The summed E-state index contributed by atoms with van der Waals surface area (Å²) in [6.07, 6.45) is 0.730. The fourth-order valence-electron chi connectivity index (χ4n) is 3.01. The van der Waals surface area contributed by atoms with Crippen molar-refractivity contribution in [3.63, 3.8) is 0 Å². The molecule has 1 aliphatic heterocycles. The highest BCUT2D eigenvalue weighted by molar-refractivity contribution is 6.00. The van der Waals surface area contributed by atoms with Crippen molar-refractivity contribution in [3.8, 4) is 11.3 Å². The average Bonchev–Trinajstić information content (AvgIpc) is 3.22. The van der Waals surface area contributed by atoms with E-state index in [0.29, 0.717) is 36.7 Å². The Balaban J connectivity index is 1.71. The van der Waals surface area contributed by atoms with E-state index in [9.17, 15) is 9.59 Å². The number of carbonyl (C=O) groups excluding carboxylic acids is 2. The van der Waals surface area contributed by atoms with Gasteiger partial charge in [0.05, 0.1) is 5.69 Å². The predicted octanol–water partition coefficient (Wildman–Crippen LogP) is 2.18. The van der Waals surface area contributed by atoms with Crippen LogP contribution in [0.4, 0.5) is 4.79 Å². The lowest BCUT2D eigenvalue weighted by Gasteiger charge is -2.17. The molecule has 0 spiro atoms. The van der Waals surface area contributed by atoms with Crippen LogP contribution in [0.5, 0.6) is 0 Å². The van der Waals surface area contributed by atoms with Crippen LogP contribution in [0.2, 0.25) is 0 Å². The second kappa shape index (κ2) is 7.38. The lowest BCUT2D eigenvalue weighted by atomic mass is 10.1. The number of carbonyl (C=O) groups is 2. The van der Waals surface area contributed by atoms with E-state index in [0.717, 1.165) is 12.0 Å². The lowest BCUT2D eigenvalue weighted by molar-refractivity contribution is 0.0937. The van der Waals surface area contributed by atoms with Crippen LogP contribution in [0.3, 0.4) is 0 Å². The summed E-state index contributed by atoms with van der Waals surface area (Å²) in [5.41, 5.74) is 1.81. The largest absolute Gasteiger partial charge is 0.355 e. The molecule has 1 aromatic carbocycles. The Bertz CT molecular complexity index is 757. The number of likely N-dealkylation sites (tertiary alicyclic amines) is 1. The van der Waals surface area contributed by atoms with E-state index in [1.54, 1.807) is 11.8 Å². The van der Waals surface area contributed by atoms with Crippen LogP contribution < -0.4 is 10.6 Å². The molecule has 0 saturated carbocycles. The van der Waals surface area contributed by atoms with Crippen molar-refractivity contribution < 1.29 is 14.1 Å². The molecule has 132 valence electrons. The monoisotopic (exact) mass is 342 g/mol. The zero-order chi connectivity index (χ0) is 17.8. The van der Waals surface area contributed by atoms with Gasteiger partial charge in [-0.05, 0) is 20.3 Å². The first kappa shape index (κ1) is 17.0. The summed E-state index contributed by atoms with van der Waals surface area (Å²) in [6.45, 7) is 5.35. The van der Waals surface area contributed by atoms with Gasteiger partial charge in [-0.1, -0.05) is 35.5 Å². The normalized spacial score (nSPS) is 16.7. The summed E-state index contributed by atoms with van der Waals surface area (Å²) >= 11 is 0. The molecule has 0 radical (unpaired) electrons. The Morgan fingerprint density at radius 2 is 2.08 bits per heavy atom. The van der Waals surface area contributed by atoms with Crippen LogP contribution in [0.25, 0.3) is 11.3 Å². The second-order valence-corrected chi connectivity index (χ2v) is 6.08. The van der Waals surface area contributed by atoms with E-state index in [4.69, 9.17) is 4.52 Å². The Morgan fingerprint density at radius 3 is 2.80 bits per heavy atom. The standard InChI is InChI=1S/C18H22N4O3/c1-3-19-18(24)22-10-9-14(11-22)20-17(23)15-12(2)21-25-16(15)13-7-5-4-6-8-13/h4-8,14H,3,9-11H2,1-2H3,(H,19,24)(H,20,23). The molecule has 1 aromatic heterocycles. The van der Waals surface area contributed by atoms with Gasteiger partial charge in [0, 0.05) is 31.2 Å². The molecule has 1 unspecified atom stereocenters. The fourth-order valence-corrected chi connectivity index (χ4v) is 3.01. The molecule has 1 aliphatic rings. The first-order valence-corrected chi connectivity index (χ1v) is 8.45. The number of urea groups is 1. The molecule has 7 nitrogen and oxygen atoms in total. The molecule has 3 rings (SSSR count). The van der Waals surface area contributed by atoms with E-state index in [1.807, 2.05) is 37.3 Å².